The highest BCUT2D eigenvalue weighted by atomic mass is 16.6. The van der Waals surface area contributed by atoms with Crippen LogP contribution < -0.4 is 0 Å². The Bertz CT molecular complexity index is 635. The summed E-state index contributed by atoms with van der Waals surface area (Å²) in [7, 11) is 0. The van der Waals surface area contributed by atoms with Gasteiger partial charge in [-0.2, -0.15) is 0 Å². The molecule has 2 rings (SSSR count). The summed E-state index contributed by atoms with van der Waals surface area (Å²) in [5, 5.41) is 10.6. The second-order valence-corrected chi connectivity index (χ2v) is 4.19. The van der Waals surface area contributed by atoms with Gasteiger partial charge in [0.05, 0.1) is 4.92 Å². The number of nitrogens with zero attached hydrogens (tertiary/aromatic N) is 1. The number of benzene rings is 2. The number of carbonyl (C=O) groups excluding carboxylic acids is 2. The van der Waals surface area contributed by atoms with Crippen LogP contribution in [0.25, 0.3) is 0 Å². The highest BCUT2D eigenvalue weighted by Gasteiger charge is 2.21. The predicted molar refractivity (Wildman–Crippen MR) is 72.7 cm³/mol. The molecule has 2 aromatic rings. The minimum atomic E-state index is -0.891. The van der Waals surface area contributed by atoms with Gasteiger partial charge < -0.3 is 4.79 Å². The molecule has 0 spiro atoms. The van der Waals surface area contributed by atoms with Gasteiger partial charge in [0.25, 0.3) is 5.69 Å². The maximum absolute atomic E-state index is 12.3. The van der Waals surface area contributed by atoms with Crippen molar-refractivity contribution in [2.75, 3.05) is 0 Å². The number of hydrogen-bond acceptors (Lipinski definition) is 4. The normalized spacial score (nSPS) is 11.6. The Kier molecular flexibility index (Phi) is 4.00. The van der Waals surface area contributed by atoms with Gasteiger partial charge in [0, 0.05) is 17.7 Å². The highest BCUT2D eigenvalue weighted by molar-refractivity contribution is 6.09. The van der Waals surface area contributed by atoms with E-state index in [9.17, 15) is 19.7 Å². The van der Waals surface area contributed by atoms with Crippen molar-refractivity contribution in [3.8, 4) is 0 Å². The van der Waals surface area contributed by atoms with Gasteiger partial charge in [0.1, 0.15) is 12.2 Å². The fourth-order valence-electron chi connectivity index (χ4n) is 1.88. The molecule has 1 atom stereocenters. The van der Waals surface area contributed by atoms with E-state index in [0.29, 0.717) is 11.8 Å². The average molecular weight is 269 g/mol. The molecule has 5 nitrogen and oxygen atoms in total. The number of non-ortho nitro benzene ring substituents is 1. The molecule has 0 aromatic heterocycles. The molecule has 0 aliphatic heterocycles. The molecule has 0 saturated carbocycles. The highest BCUT2D eigenvalue weighted by Crippen LogP contribution is 2.20. The van der Waals surface area contributed by atoms with Crippen LogP contribution in [-0.4, -0.2) is 17.0 Å². The number of ketones is 1. The van der Waals surface area contributed by atoms with Crippen LogP contribution >= 0.6 is 0 Å². The van der Waals surface area contributed by atoms with Crippen LogP contribution in [0.2, 0.25) is 0 Å². The first kappa shape index (κ1) is 13.6. The summed E-state index contributed by atoms with van der Waals surface area (Å²) >= 11 is 0. The van der Waals surface area contributed by atoms with Gasteiger partial charge in [-0.1, -0.05) is 30.3 Å². The third-order valence-corrected chi connectivity index (χ3v) is 2.94. The van der Waals surface area contributed by atoms with Gasteiger partial charge in [-0.05, 0) is 17.7 Å². The number of Topliss-reactive ketones (excluding diaryl/α,β-unsaturated/α-hetero) is 1. The molecular formula is C15H11NO4. The molecule has 5 heteroatoms. The van der Waals surface area contributed by atoms with Crippen LogP contribution in [0.1, 0.15) is 21.8 Å². The average Bonchev–Trinajstić information content (AvgIpc) is 2.49. The van der Waals surface area contributed by atoms with E-state index < -0.39 is 10.8 Å². The molecule has 0 amide bonds. The van der Waals surface area contributed by atoms with Crippen molar-refractivity contribution in [3.05, 3.63) is 75.8 Å². The van der Waals surface area contributed by atoms with E-state index in [1.165, 1.54) is 24.3 Å². The number of nitro groups is 1. The van der Waals surface area contributed by atoms with Crippen LogP contribution in [0, 0.1) is 10.1 Å². The van der Waals surface area contributed by atoms with Gasteiger partial charge in [-0.3, -0.25) is 14.9 Å². The SMILES string of the molecule is O=CC(C(=O)c1ccc([N+](=O)[O-])cc1)c1ccccc1. The number of rotatable bonds is 5. The van der Waals surface area contributed by atoms with Gasteiger partial charge in [0.2, 0.25) is 0 Å². The lowest BCUT2D eigenvalue weighted by Gasteiger charge is -2.09. The molecule has 1 unspecified atom stereocenters. The second kappa shape index (κ2) is 5.88. The Labute approximate surface area is 115 Å². The molecule has 0 aliphatic carbocycles. The van der Waals surface area contributed by atoms with Crippen molar-refractivity contribution in [2.24, 2.45) is 0 Å². The molecule has 20 heavy (non-hydrogen) atoms. The third-order valence-electron chi connectivity index (χ3n) is 2.94. The molecule has 0 saturated heterocycles. The van der Waals surface area contributed by atoms with Crippen molar-refractivity contribution in [2.45, 2.75) is 5.92 Å². The van der Waals surface area contributed by atoms with Crippen LogP contribution in [0.3, 0.4) is 0 Å². The quantitative estimate of drug-likeness (QED) is 0.275. The number of nitro benzene ring substituents is 1. The minimum absolute atomic E-state index is 0.0936. The lowest BCUT2D eigenvalue weighted by atomic mass is 9.92. The molecule has 0 aliphatic rings. The second-order valence-electron chi connectivity index (χ2n) is 4.19. The van der Waals surface area contributed by atoms with Crippen molar-refractivity contribution < 1.29 is 14.5 Å². The standard InChI is InChI=1S/C15H11NO4/c17-10-14(11-4-2-1-3-5-11)15(18)12-6-8-13(9-7-12)16(19)20/h1-10,14H. The summed E-state index contributed by atoms with van der Waals surface area (Å²) in [6.45, 7) is 0. The van der Waals surface area contributed by atoms with E-state index in [1.54, 1.807) is 30.3 Å². The van der Waals surface area contributed by atoms with E-state index in [-0.39, 0.29) is 17.0 Å². The van der Waals surface area contributed by atoms with E-state index in [1.807, 2.05) is 0 Å². The van der Waals surface area contributed by atoms with E-state index >= 15 is 0 Å². The van der Waals surface area contributed by atoms with E-state index in [2.05, 4.69) is 0 Å². The number of hydrogen-bond donors (Lipinski definition) is 0. The zero-order valence-electron chi connectivity index (χ0n) is 10.4. The van der Waals surface area contributed by atoms with Crippen LogP contribution in [-0.2, 0) is 4.79 Å². The lowest BCUT2D eigenvalue weighted by Crippen LogP contribution is -2.14. The van der Waals surface area contributed by atoms with E-state index in [4.69, 9.17) is 0 Å². The summed E-state index contributed by atoms with van der Waals surface area (Å²) < 4.78 is 0. The Hall–Kier alpha value is -2.82. The summed E-state index contributed by atoms with van der Waals surface area (Å²) in [4.78, 5) is 33.4. The van der Waals surface area contributed by atoms with Crippen molar-refractivity contribution in [1.29, 1.82) is 0 Å². The maximum atomic E-state index is 12.3. The lowest BCUT2D eigenvalue weighted by molar-refractivity contribution is -0.384. The van der Waals surface area contributed by atoms with E-state index in [0.717, 1.165) is 0 Å². The molecule has 0 radical (unpaired) electrons. The molecule has 0 heterocycles. The maximum Gasteiger partial charge on any atom is 0.269 e. The Morgan fingerprint density at radius 1 is 1.05 bits per heavy atom. The summed E-state index contributed by atoms with van der Waals surface area (Å²) in [5.74, 6) is -1.27. The first-order valence-electron chi connectivity index (χ1n) is 5.92. The minimum Gasteiger partial charge on any atom is -0.302 e. The van der Waals surface area contributed by atoms with Crippen LogP contribution in [0.15, 0.2) is 54.6 Å². The van der Waals surface area contributed by atoms with Crippen LogP contribution in [0.4, 0.5) is 5.69 Å². The van der Waals surface area contributed by atoms with Gasteiger partial charge >= 0.3 is 0 Å². The monoisotopic (exact) mass is 269 g/mol. The number of carbonyl (C=O) groups is 2. The Balaban J connectivity index is 2.29. The zero-order chi connectivity index (χ0) is 14.5. The summed E-state index contributed by atoms with van der Waals surface area (Å²) in [5.41, 5.74) is 0.784. The molecule has 0 N–H and O–H groups in total. The predicted octanol–water partition coefficient (Wildman–Crippen LogP) is 2.76. The molecule has 2 aromatic carbocycles. The first-order chi connectivity index (χ1) is 9.63. The molecular weight excluding hydrogens is 258 g/mol. The first-order valence-corrected chi connectivity index (χ1v) is 5.92. The Morgan fingerprint density at radius 2 is 1.65 bits per heavy atom. The van der Waals surface area contributed by atoms with Gasteiger partial charge in [0.15, 0.2) is 5.78 Å². The smallest absolute Gasteiger partial charge is 0.269 e. The summed E-state index contributed by atoms with van der Waals surface area (Å²) in [6.07, 6.45) is 0.582. The van der Waals surface area contributed by atoms with Crippen molar-refractivity contribution >= 4 is 17.8 Å². The molecule has 0 bridgehead atoms. The largest absolute Gasteiger partial charge is 0.302 e. The molecule has 0 fully saturated rings. The third kappa shape index (κ3) is 2.77. The van der Waals surface area contributed by atoms with Crippen molar-refractivity contribution in [1.82, 2.24) is 0 Å². The fourth-order valence-corrected chi connectivity index (χ4v) is 1.88. The fraction of sp³-hybridized carbons (Fsp3) is 0.0667. The Morgan fingerprint density at radius 3 is 2.15 bits per heavy atom. The van der Waals surface area contributed by atoms with Gasteiger partial charge in [-0.25, -0.2) is 0 Å². The van der Waals surface area contributed by atoms with Crippen LogP contribution in [0.5, 0.6) is 0 Å². The molecule has 100 valence electrons. The topological polar surface area (TPSA) is 77.3 Å². The van der Waals surface area contributed by atoms with Crippen molar-refractivity contribution in [3.63, 3.8) is 0 Å². The zero-order valence-corrected chi connectivity index (χ0v) is 10.4. The number of aldehydes is 1. The summed E-state index contributed by atoms with van der Waals surface area (Å²) in [6, 6.07) is 13.9. The van der Waals surface area contributed by atoms with Gasteiger partial charge in [-0.15, -0.1) is 0 Å².